The number of phenols is 1. The van der Waals surface area contributed by atoms with Gasteiger partial charge in [0.1, 0.15) is 5.75 Å². The van der Waals surface area contributed by atoms with E-state index >= 15 is 0 Å². The SMILES string of the molecule is CS(=O)(=O)NCc1ccc(C=C2c3ccccc3CCc3cc(O)ccc32)cc1. The highest BCUT2D eigenvalue weighted by Gasteiger charge is 2.18. The van der Waals surface area contributed by atoms with Crippen LogP contribution in [0.4, 0.5) is 0 Å². The van der Waals surface area contributed by atoms with Gasteiger partial charge in [-0.25, -0.2) is 13.1 Å². The Bertz CT molecular complexity index is 1180. The van der Waals surface area contributed by atoms with Gasteiger partial charge in [0.15, 0.2) is 0 Å². The quantitative estimate of drug-likeness (QED) is 0.686. The van der Waals surface area contributed by atoms with Crippen molar-refractivity contribution < 1.29 is 13.5 Å². The fraction of sp³-hybridized carbons (Fsp3) is 0.167. The van der Waals surface area contributed by atoms with Crippen molar-refractivity contribution in [2.45, 2.75) is 19.4 Å². The average molecular weight is 406 g/mol. The summed E-state index contributed by atoms with van der Waals surface area (Å²) in [7, 11) is -3.21. The molecule has 0 aliphatic heterocycles. The molecule has 3 aromatic carbocycles. The number of fused-ring (bicyclic) bond motifs is 2. The molecule has 0 amide bonds. The van der Waals surface area contributed by atoms with Crippen LogP contribution in [0.2, 0.25) is 0 Å². The van der Waals surface area contributed by atoms with Crippen LogP contribution >= 0.6 is 0 Å². The van der Waals surface area contributed by atoms with Crippen molar-refractivity contribution in [2.75, 3.05) is 6.26 Å². The Morgan fingerprint density at radius 1 is 0.931 bits per heavy atom. The lowest BCUT2D eigenvalue weighted by Gasteiger charge is -2.13. The number of hydrogen-bond donors (Lipinski definition) is 2. The summed E-state index contributed by atoms with van der Waals surface area (Å²) in [5.41, 5.74) is 7.86. The van der Waals surface area contributed by atoms with E-state index in [9.17, 15) is 13.5 Å². The molecule has 0 radical (unpaired) electrons. The van der Waals surface area contributed by atoms with E-state index in [4.69, 9.17) is 0 Å². The topological polar surface area (TPSA) is 66.4 Å². The highest BCUT2D eigenvalue weighted by atomic mass is 32.2. The second kappa shape index (κ2) is 7.85. The molecule has 1 aliphatic rings. The zero-order valence-corrected chi connectivity index (χ0v) is 17.0. The van der Waals surface area contributed by atoms with Gasteiger partial charge in [0, 0.05) is 6.54 Å². The summed E-state index contributed by atoms with van der Waals surface area (Å²) in [6.45, 7) is 0.278. The van der Waals surface area contributed by atoms with E-state index in [2.05, 4.69) is 35.1 Å². The highest BCUT2D eigenvalue weighted by molar-refractivity contribution is 7.88. The van der Waals surface area contributed by atoms with Crippen molar-refractivity contribution >= 4 is 21.7 Å². The molecule has 0 fully saturated rings. The van der Waals surface area contributed by atoms with E-state index in [-0.39, 0.29) is 12.3 Å². The minimum absolute atomic E-state index is 0.278. The summed E-state index contributed by atoms with van der Waals surface area (Å²) < 4.78 is 25.1. The summed E-state index contributed by atoms with van der Waals surface area (Å²) >= 11 is 0. The smallest absolute Gasteiger partial charge is 0.209 e. The standard InChI is InChI=1S/C24H23NO3S/c1-29(27,28)25-16-18-8-6-17(7-9-18)14-24-22-5-3-2-4-19(22)10-11-20-15-21(26)12-13-23(20)24/h2-9,12-15,25-26H,10-11,16H2,1H3. The molecule has 4 nitrogen and oxygen atoms in total. The fourth-order valence-electron chi connectivity index (χ4n) is 3.73. The number of benzene rings is 3. The summed E-state index contributed by atoms with van der Waals surface area (Å²) in [6, 6.07) is 21.9. The molecule has 5 heteroatoms. The number of aromatic hydroxyl groups is 1. The minimum atomic E-state index is -3.21. The van der Waals surface area contributed by atoms with E-state index in [1.54, 1.807) is 6.07 Å². The Hall–Kier alpha value is -2.89. The summed E-state index contributed by atoms with van der Waals surface area (Å²) in [5, 5.41) is 9.94. The molecule has 3 aromatic rings. The monoisotopic (exact) mass is 405 g/mol. The summed E-state index contributed by atoms with van der Waals surface area (Å²) in [5.74, 6) is 0.289. The average Bonchev–Trinajstić information content (AvgIpc) is 2.84. The molecule has 0 aromatic heterocycles. The number of hydrogen-bond acceptors (Lipinski definition) is 3. The Kier molecular flexibility index (Phi) is 5.26. The van der Waals surface area contributed by atoms with Gasteiger partial charge in [-0.1, -0.05) is 54.6 Å². The second-order valence-corrected chi connectivity index (χ2v) is 9.22. The molecule has 0 heterocycles. The van der Waals surface area contributed by atoms with Crippen molar-refractivity contribution in [3.8, 4) is 5.75 Å². The van der Waals surface area contributed by atoms with Crippen LogP contribution in [-0.2, 0) is 29.4 Å². The van der Waals surface area contributed by atoms with Crippen LogP contribution in [0.1, 0.15) is 33.4 Å². The van der Waals surface area contributed by atoms with Gasteiger partial charge in [-0.3, -0.25) is 0 Å². The molecular formula is C24H23NO3S. The highest BCUT2D eigenvalue weighted by Crippen LogP contribution is 2.36. The molecule has 148 valence electrons. The third-order valence-electron chi connectivity index (χ3n) is 5.18. The number of rotatable bonds is 4. The number of aryl methyl sites for hydroxylation is 2. The van der Waals surface area contributed by atoms with Gasteiger partial charge < -0.3 is 5.11 Å². The molecule has 0 saturated heterocycles. The van der Waals surface area contributed by atoms with Crippen molar-refractivity contribution in [2.24, 2.45) is 0 Å². The predicted molar refractivity (Wildman–Crippen MR) is 117 cm³/mol. The number of sulfonamides is 1. The molecule has 0 atom stereocenters. The van der Waals surface area contributed by atoms with Gasteiger partial charge >= 0.3 is 0 Å². The van der Waals surface area contributed by atoms with Crippen LogP contribution < -0.4 is 4.72 Å². The number of nitrogens with one attached hydrogen (secondary N) is 1. The van der Waals surface area contributed by atoms with Crippen LogP contribution in [0, 0.1) is 0 Å². The lowest BCUT2D eigenvalue weighted by molar-refractivity contribution is 0.474. The zero-order chi connectivity index (χ0) is 20.4. The molecular weight excluding hydrogens is 382 g/mol. The molecule has 0 unspecified atom stereocenters. The van der Waals surface area contributed by atoms with E-state index in [1.165, 1.54) is 11.1 Å². The molecule has 2 N–H and O–H groups in total. The van der Waals surface area contributed by atoms with Crippen LogP contribution in [0.5, 0.6) is 5.75 Å². The van der Waals surface area contributed by atoms with Gasteiger partial charge in [-0.15, -0.1) is 0 Å². The van der Waals surface area contributed by atoms with E-state index in [0.717, 1.165) is 46.9 Å². The summed E-state index contributed by atoms with van der Waals surface area (Å²) in [6.07, 6.45) is 5.13. The van der Waals surface area contributed by atoms with Crippen LogP contribution in [0.25, 0.3) is 11.6 Å². The van der Waals surface area contributed by atoms with Crippen LogP contribution in [-0.4, -0.2) is 19.8 Å². The Balaban J connectivity index is 1.74. The van der Waals surface area contributed by atoms with Gasteiger partial charge in [-0.2, -0.15) is 0 Å². The minimum Gasteiger partial charge on any atom is -0.508 e. The lowest BCUT2D eigenvalue weighted by Crippen LogP contribution is -2.21. The summed E-state index contributed by atoms with van der Waals surface area (Å²) in [4.78, 5) is 0. The largest absolute Gasteiger partial charge is 0.508 e. The Morgan fingerprint density at radius 2 is 1.62 bits per heavy atom. The van der Waals surface area contributed by atoms with Gasteiger partial charge in [0.25, 0.3) is 0 Å². The van der Waals surface area contributed by atoms with E-state index in [0.29, 0.717) is 0 Å². The Morgan fingerprint density at radius 3 is 2.38 bits per heavy atom. The van der Waals surface area contributed by atoms with Crippen molar-refractivity contribution in [3.63, 3.8) is 0 Å². The third kappa shape index (κ3) is 4.58. The van der Waals surface area contributed by atoms with Crippen molar-refractivity contribution in [1.82, 2.24) is 4.72 Å². The first-order valence-electron chi connectivity index (χ1n) is 9.55. The number of phenolic OH excluding ortho intramolecular Hbond substituents is 1. The second-order valence-electron chi connectivity index (χ2n) is 7.39. The van der Waals surface area contributed by atoms with Crippen LogP contribution in [0.3, 0.4) is 0 Å². The molecule has 4 rings (SSSR count). The van der Waals surface area contributed by atoms with Gasteiger partial charge in [0.2, 0.25) is 10.0 Å². The normalized spacial score (nSPS) is 14.9. The molecule has 0 spiro atoms. The van der Waals surface area contributed by atoms with E-state index < -0.39 is 10.0 Å². The van der Waals surface area contributed by atoms with Gasteiger partial charge in [-0.05, 0) is 70.0 Å². The Labute approximate surface area is 171 Å². The lowest BCUT2D eigenvalue weighted by atomic mass is 9.92. The maximum Gasteiger partial charge on any atom is 0.209 e. The van der Waals surface area contributed by atoms with Gasteiger partial charge in [0.05, 0.1) is 6.26 Å². The first kappa shape index (κ1) is 19.4. The van der Waals surface area contributed by atoms with Crippen molar-refractivity contribution in [3.05, 3.63) is 100 Å². The molecule has 1 aliphatic carbocycles. The van der Waals surface area contributed by atoms with E-state index in [1.807, 2.05) is 36.4 Å². The maximum absolute atomic E-state index is 11.3. The first-order valence-corrected chi connectivity index (χ1v) is 11.4. The zero-order valence-electron chi connectivity index (χ0n) is 16.2. The third-order valence-corrected chi connectivity index (χ3v) is 5.85. The van der Waals surface area contributed by atoms with Crippen LogP contribution in [0.15, 0.2) is 66.7 Å². The fourth-order valence-corrected chi connectivity index (χ4v) is 4.16. The molecule has 0 saturated carbocycles. The molecule has 0 bridgehead atoms. The first-order chi connectivity index (χ1) is 13.9. The maximum atomic E-state index is 11.3. The molecule has 29 heavy (non-hydrogen) atoms. The predicted octanol–water partition coefficient (Wildman–Crippen LogP) is 4.13. The van der Waals surface area contributed by atoms with Crippen molar-refractivity contribution in [1.29, 1.82) is 0 Å².